The Morgan fingerprint density at radius 1 is 1.14 bits per heavy atom. The van der Waals surface area contributed by atoms with Crippen LogP contribution in [-0.2, 0) is 10.0 Å². The van der Waals surface area contributed by atoms with Gasteiger partial charge < -0.3 is 10.1 Å². The van der Waals surface area contributed by atoms with Crippen molar-refractivity contribution in [3.05, 3.63) is 54.1 Å². The van der Waals surface area contributed by atoms with Crippen LogP contribution in [0.3, 0.4) is 0 Å². The summed E-state index contributed by atoms with van der Waals surface area (Å²) in [6.45, 7) is 6.99. The van der Waals surface area contributed by atoms with E-state index in [1.807, 2.05) is 6.92 Å². The summed E-state index contributed by atoms with van der Waals surface area (Å²) in [6, 6.07) is 7.47. The van der Waals surface area contributed by atoms with Crippen LogP contribution < -0.4 is 5.46 Å². The van der Waals surface area contributed by atoms with E-state index in [1.54, 1.807) is 39.8 Å². The fraction of sp³-hybridized carbons (Fsp3) is 0.350. The predicted molar refractivity (Wildman–Crippen MR) is 111 cm³/mol. The lowest BCUT2D eigenvalue weighted by atomic mass is 9.39. The van der Waals surface area contributed by atoms with Gasteiger partial charge in [-0.25, -0.2) is 21.8 Å². The van der Waals surface area contributed by atoms with Crippen LogP contribution in [0.15, 0.2) is 47.6 Å². The molecule has 3 rings (SSSR count). The van der Waals surface area contributed by atoms with Gasteiger partial charge in [0.1, 0.15) is 5.82 Å². The quantitative estimate of drug-likeness (QED) is 0.621. The van der Waals surface area contributed by atoms with Crippen molar-refractivity contribution in [3.8, 4) is 0 Å². The summed E-state index contributed by atoms with van der Waals surface area (Å²) in [7, 11) is -4.03. The minimum absolute atomic E-state index is 0.00701. The Morgan fingerprint density at radius 2 is 1.72 bits per heavy atom. The summed E-state index contributed by atoms with van der Waals surface area (Å²) in [5, 5.41) is 20.6. The lowest BCUT2D eigenvalue weighted by Gasteiger charge is -2.39. The Kier molecular flexibility index (Phi) is 5.13. The van der Waals surface area contributed by atoms with Crippen molar-refractivity contribution >= 4 is 33.4 Å². The molecule has 0 amide bonds. The van der Waals surface area contributed by atoms with Gasteiger partial charge in [-0.05, 0) is 44.4 Å². The predicted octanol–water partition coefficient (Wildman–Crippen LogP) is 2.46. The number of aromatic nitrogens is 2. The van der Waals surface area contributed by atoms with Crippen molar-refractivity contribution < 1.29 is 22.9 Å². The number of halogens is 1. The van der Waals surface area contributed by atoms with Crippen LogP contribution in [0.2, 0.25) is 5.31 Å². The van der Waals surface area contributed by atoms with Crippen LogP contribution in [0.25, 0.3) is 11.0 Å². The van der Waals surface area contributed by atoms with E-state index in [-0.39, 0.29) is 21.4 Å². The summed E-state index contributed by atoms with van der Waals surface area (Å²) in [5.74, 6) is -0.655. The Hall–Kier alpha value is -2.23. The Morgan fingerprint density at radius 3 is 2.28 bits per heavy atom. The number of aliphatic hydroxyl groups is 1. The van der Waals surface area contributed by atoms with Crippen molar-refractivity contribution in [3.63, 3.8) is 0 Å². The molecule has 0 bridgehead atoms. The summed E-state index contributed by atoms with van der Waals surface area (Å²) in [6.07, 6.45) is 2.19. The average molecular weight is 418 g/mol. The van der Waals surface area contributed by atoms with E-state index in [0.29, 0.717) is 0 Å². The van der Waals surface area contributed by atoms with Gasteiger partial charge in [-0.2, -0.15) is 0 Å². The average Bonchev–Trinajstić information content (AvgIpc) is 2.99. The van der Waals surface area contributed by atoms with Gasteiger partial charge in [0.25, 0.3) is 10.0 Å². The van der Waals surface area contributed by atoms with Crippen molar-refractivity contribution in [2.24, 2.45) is 0 Å². The molecule has 2 N–H and O–H groups in total. The first-order chi connectivity index (χ1) is 13.3. The van der Waals surface area contributed by atoms with Crippen LogP contribution in [0, 0.1) is 12.7 Å². The highest BCUT2D eigenvalue weighted by molar-refractivity contribution is 7.90. The molecule has 0 radical (unpaired) electrons. The molecule has 0 unspecified atom stereocenters. The first-order valence-electron chi connectivity index (χ1n) is 9.16. The van der Waals surface area contributed by atoms with E-state index >= 15 is 0 Å². The van der Waals surface area contributed by atoms with Gasteiger partial charge >= 0.3 is 6.92 Å². The minimum atomic E-state index is -4.03. The largest absolute Gasteiger partial charge is 0.446 e. The van der Waals surface area contributed by atoms with E-state index in [9.17, 15) is 22.9 Å². The van der Waals surface area contributed by atoms with Crippen LogP contribution in [0.4, 0.5) is 4.39 Å². The van der Waals surface area contributed by atoms with Gasteiger partial charge in [0.05, 0.1) is 16.7 Å². The summed E-state index contributed by atoms with van der Waals surface area (Å²) in [5.41, 5.74) is -0.204. The van der Waals surface area contributed by atoms with E-state index in [0.717, 1.165) is 21.8 Å². The molecule has 2 aromatic heterocycles. The fourth-order valence-corrected chi connectivity index (χ4v) is 4.36. The third kappa shape index (κ3) is 3.58. The van der Waals surface area contributed by atoms with Crippen LogP contribution >= 0.6 is 0 Å². The molecule has 0 fully saturated rings. The second kappa shape index (κ2) is 6.93. The second-order valence-corrected chi connectivity index (χ2v) is 10.2. The second-order valence-electron chi connectivity index (χ2n) is 8.41. The molecule has 1 aromatic carbocycles. The first-order valence-corrected chi connectivity index (χ1v) is 10.6. The lowest BCUT2D eigenvalue weighted by Crippen LogP contribution is -2.50. The Balaban J connectivity index is 2.28. The molecule has 9 heteroatoms. The topological polar surface area (TPSA) is 92.4 Å². The van der Waals surface area contributed by atoms with Crippen LogP contribution in [0.1, 0.15) is 33.3 Å². The van der Waals surface area contributed by atoms with E-state index in [2.05, 4.69) is 4.98 Å². The van der Waals surface area contributed by atoms with Gasteiger partial charge in [0, 0.05) is 16.9 Å². The summed E-state index contributed by atoms with van der Waals surface area (Å²) in [4.78, 5) is 4.02. The summed E-state index contributed by atoms with van der Waals surface area (Å²) >= 11 is 0. The molecule has 154 valence electrons. The monoisotopic (exact) mass is 418 g/mol. The van der Waals surface area contributed by atoms with Crippen molar-refractivity contribution in [2.75, 3.05) is 0 Å². The van der Waals surface area contributed by atoms with Crippen molar-refractivity contribution in [1.29, 1.82) is 0 Å². The number of rotatable bonds is 5. The van der Waals surface area contributed by atoms with Gasteiger partial charge in [0.15, 0.2) is 5.65 Å². The maximum absolute atomic E-state index is 13.9. The zero-order chi connectivity index (χ0) is 21.8. The molecule has 0 aliphatic carbocycles. The molecule has 0 aliphatic heterocycles. The molecule has 0 aliphatic rings. The highest BCUT2D eigenvalue weighted by Crippen LogP contribution is 2.40. The molecule has 6 nitrogen and oxygen atoms in total. The number of hydrogen-bond donors (Lipinski definition) is 2. The maximum Gasteiger partial charge on any atom is 0.334 e. The molecule has 0 spiro atoms. The van der Waals surface area contributed by atoms with Crippen molar-refractivity contribution in [1.82, 2.24) is 8.96 Å². The fourth-order valence-electron chi connectivity index (χ4n) is 3.03. The molecule has 29 heavy (non-hydrogen) atoms. The SMILES string of the molecule is Cc1ccc(S(=O)(=O)n2cc(B(O)C(C)(C)C(C)(C)O)c3cc(F)cnc32)cc1. The number of nitrogens with zero attached hydrogens (tertiary/aromatic N) is 2. The Bertz CT molecular complexity index is 1170. The number of aryl methyl sites for hydroxylation is 1. The van der Waals surface area contributed by atoms with Crippen LogP contribution in [0.5, 0.6) is 0 Å². The smallest absolute Gasteiger partial charge is 0.334 e. The van der Waals surface area contributed by atoms with E-state index < -0.39 is 33.7 Å². The van der Waals surface area contributed by atoms with E-state index in [1.165, 1.54) is 18.3 Å². The van der Waals surface area contributed by atoms with E-state index in [4.69, 9.17) is 0 Å². The number of fused-ring (bicyclic) bond motifs is 1. The molecular formula is C20H24BFN2O4S. The maximum atomic E-state index is 13.9. The molecule has 0 atom stereocenters. The zero-order valence-electron chi connectivity index (χ0n) is 17.0. The van der Waals surface area contributed by atoms with Gasteiger partial charge in [0.2, 0.25) is 0 Å². The highest BCUT2D eigenvalue weighted by Gasteiger charge is 2.46. The third-order valence-corrected chi connectivity index (χ3v) is 7.41. The standard InChI is InChI=1S/C20H24BFN2O4S/c1-13-6-8-15(9-7-13)29(27,28)24-12-17(16-10-14(22)11-23-18(16)24)21(26)19(2,3)20(4,5)25/h6-12,25-26H,1-5H3. The van der Waals surface area contributed by atoms with Crippen molar-refractivity contribution in [2.45, 2.75) is 50.4 Å². The normalized spacial score (nSPS) is 13.1. The molecule has 0 saturated carbocycles. The third-order valence-electron chi connectivity index (χ3n) is 5.74. The summed E-state index contributed by atoms with van der Waals surface area (Å²) < 4.78 is 41.3. The van der Waals surface area contributed by atoms with Gasteiger partial charge in [-0.3, -0.25) is 0 Å². The Labute approximate surface area is 170 Å². The van der Waals surface area contributed by atoms with Crippen LogP contribution in [-0.4, -0.2) is 40.0 Å². The number of hydrogen-bond acceptors (Lipinski definition) is 5. The first kappa shape index (κ1) is 21.5. The van der Waals surface area contributed by atoms with Gasteiger partial charge in [-0.15, -0.1) is 0 Å². The minimum Gasteiger partial charge on any atom is -0.446 e. The number of pyridine rings is 1. The molecule has 2 heterocycles. The lowest BCUT2D eigenvalue weighted by molar-refractivity contribution is 0.0351. The highest BCUT2D eigenvalue weighted by atomic mass is 32.2. The number of benzene rings is 1. The molecule has 0 saturated heterocycles. The molecule has 3 aromatic rings. The van der Waals surface area contributed by atoms with Gasteiger partial charge in [-0.1, -0.05) is 31.5 Å². The molecular weight excluding hydrogens is 394 g/mol. The zero-order valence-corrected chi connectivity index (χ0v) is 17.8.